The van der Waals surface area contributed by atoms with E-state index in [1.165, 1.54) is 6.20 Å². The second kappa shape index (κ2) is 4.79. The van der Waals surface area contributed by atoms with Crippen LogP contribution in [-0.2, 0) is 12.0 Å². The van der Waals surface area contributed by atoms with Crippen molar-refractivity contribution in [2.45, 2.75) is 31.8 Å². The predicted octanol–water partition coefficient (Wildman–Crippen LogP) is 1.53. The molecule has 0 saturated heterocycles. The number of furan rings is 1. The van der Waals surface area contributed by atoms with Crippen LogP contribution in [0.25, 0.3) is 0 Å². The first-order valence-electron chi connectivity index (χ1n) is 6.59. The molecule has 0 aromatic carbocycles. The van der Waals surface area contributed by atoms with Crippen molar-refractivity contribution >= 4 is 5.91 Å². The smallest absolute Gasteiger partial charge is 0.256 e. The van der Waals surface area contributed by atoms with Crippen LogP contribution < -0.4 is 5.32 Å². The highest BCUT2D eigenvalue weighted by atomic mass is 16.5. The maximum atomic E-state index is 12.0. The number of aromatic nitrogens is 1. The van der Waals surface area contributed by atoms with E-state index in [1.54, 1.807) is 19.3 Å². The Labute approximate surface area is 115 Å². The monoisotopic (exact) mass is 276 g/mol. The fourth-order valence-corrected chi connectivity index (χ4v) is 2.65. The fourth-order valence-electron chi connectivity index (χ4n) is 2.65. The third-order valence-electron chi connectivity index (χ3n) is 3.78. The minimum absolute atomic E-state index is 0.142. The van der Waals surface area contributed by atoms with E-state index < -0.39 is 5.60 Å². The van der Waals surface area contributed by atoms with Gasteiger partial charge in [0.2, 0.25) is 0 Å². The van der Waals surface area contributed by atoms with Crippen molar-refractivity contribution in [1.29, 1.82) is 0 Å². The number of carbonyl (C=O) groups excluding carboxylic acids is 1. The molecule has 0 bridgehead atoms. The van der Waals surface area contributed by atoms with Gasteiger partial charge in [0.1, 0.15) is 22.7 Å². The number of aryl methyl sites for hydroxylation is 2. The van der Waals surface area contributed by atoms with E-state index in [4.69, 9.17) is 8.94 Å². The quantitative estimate of drug-likeness (QED) is 0.887. The van der Waals surface area contributed by atoms with Gasteiger partial charge < -0.3 is 19.4 Å². The average molecular weight is 276 g/mol. The van der Waals surface area contributed by atoms with E-state index in [0.29, 0.717) is 17.7 Å². The molecular weight excluding hydrogens is 260 g/mol. The Morgan fingerprint density at radius 1 is 1.60 bits per heavy atom. The van der Waals surface area contributed by atoms with Crippen LogP contribution in [0.15, 0.2) is 27.5 Å². The molecule has 2 aromatic heterocycles. The molecule has 2 N–H and O–H groups in total. The minimum Gasteiger partial charge on any atom is -0.469 e. The lowest BCUT2D eigenvalue weighted by Crippen LogP contribution is -2.42. The van der Waals surface area contributed by atoms with Gasteiger partial charge in [-0.3, -0.25) is 4.79 Å². The van der Waals surface area contributed by atoms with Crippen LogP contribution in [0.1, 0.15) is 40.3 Å². The SMILES string of the molecule is Cc1oncc1C(=O)NCC1(O)CCCc2occc21. The number of rotatable bonds is 3. The van der Waals surface area contributed by atoms with Crippen molar-refractivity contribution in [3.05, 3.63) is 41.2 Å². The van der Waals surface area contributed by atoms with Gasteiger partial charge >= 0.3 is 0 Å². The molecule has 0 spiro atoms. The molecule has 2 aromatic rings. The van der Waals surface area contributed by atoms with Crippen LogP contribution in [0.2, 0.25) is 0 Å². The third kappa shape index (κ3) is 2.12. The number of nitrogens with one attached hydrogen (secondary N) is 1. The number of fused-ring (bicyclic) bond motifs is 1. The summed E-state index contributed by atoms with van der Waals surface area (Å²) in [5, 5.41) is 17.0. The fraction of sp³-hybridized carbons (Fsp3) is 0.429. The van der Waals surface area contributed by atoms with Gasteiger partial charge in [0.05, 0.1) is 19.0 Å². The lowest BCUT2D eigenvalue weighted by Gasteiger charge is -2.31. The van der Waals surface area contributed by atoms with Crippen molar-refractivity contribution in [2.75, 3.05) is 6.54 Å². The zero-order valence-electron chi connectivity index (χ0n) is 11.2. The molecular formula is C14H16N2O4. The van der Waals surface area contributed by atoms with E-state index in [9.17, 15) is 9.90 Å². The molecule has 0 saturated carbocycles. The van der Waals surface area contributed by atoms with Gasteiger partial charge in [-0.15, -0.1) is 0 Å². The van der Waals surface area contributed by atoms with Crippen LogP contribution >= 0.6 is 0 Å². The van der Waals surface area contributed by atoms with Gasteiger partial charge in [0.15, 0.2) is 0 Å². The summed E-state index contributed by atoms with van der Waals surface area (Å²) in [5.74, 6) is 0.962. The Bertz CT molecular complexity index is 631. The summed E-state index contributed by atoms with van der Waals surface area (Å²) in [6, 6.07) is 1.77. The first kappa shape index (κ1) is 12.9. The van der Waals surface area contributed by atoms with Crippen molar-refractivity contribution in [3.8, 4) is 0 Å². The van der Waals surface area contributed by atoms with Crippen LogP contribution in [0.4, 0.5) is 0 Å². The number of carbonyl (C=O) groups is 1. The van der Waals surface area contributed by atoms with E-state index in [0.717, 1.165) is 24.2 Å². The van der Waals surface area contributed by atoms with Gasteiger partial charge in [-0.25, -0.2) is 0 Å². The van der Waals surface area contributed by atoms with Crippen LogP contribution in [0.5, 0.6) is 0 Å². The molecule has 1 unspecified atom stereocenters. The third-order valence-corrected chi connectivity index (χ3v) is 3.78. The van der Waals surface area contributed by atoms with Crippen LogP contribution in [-0.4, -0.2) is 22.7 Å². The molecule has 2 heterocycles. The molecule has 1 aliphatic carbocycles. The summed E-state index contributed by atoms with van der Waals surface area (Å²) in [6.45, 7) is 1.81. The van der Waals surface area contributed by atoms with Gasteiger partial charge in [0, 0.05) is 12.0 Å². The van der Waals surface area contributed by atoms with Crippen molar-refractivity contribution < 1.29 is 18.8 Å². The molecule has 20 heavy (non-hydrogen) atoms. The normalized spacial score (nSPS) is 21.5. The molecule has 106 valence electrons. The molecule has 0 aliphatic heterocycles. The molecule has 3 rings (SSSR count). The molecule has 6 heteroatoms. The largest absolute Gasteiger partial charge is 0.469 e. The van der Waals surface area contributed by atoms with Gasteiger partial charge in [-0.1, -0.05) is 5.16 Å². The van der Waals surface area contributed by atoms with Crippen molar-refractivity contribution in [2.24, 2.45) is 0 Å². The molecule has 6 nitrogen and oxygen atoms in total. The number of aliphatic hydroxyl groups is 1. The van der Waals surface area contributed by atoms with Crippen LogP contribution in [0, 0.1) is 6.92 Å². The average Bonchev–Trinajstić information content (AvgIpc) is 3.05. The Hall–Kier alpha value is -2.08. The number of hydrogen-bond acceptors (Lipinski definition) is 5. The van der Waals surface area contributed by atoms with Gasteiger partial charge in [-0.05, 0) is 25.8 Å². The summed E-state index contributed by atoms with van der Waals surface area (Å²) in [5.41, 5.74) is 0.0873. The van der Waals surface area contributed by atoms with Gasteiger partial charge in [0.25, 0.3) is 5.91 Å². The molecule has 0 fully saturated rings. The van der Waals surface area contributed by atoms with Crippen LogP contribution in [0.3, 0.4) is 0 Å². The first-order valence-corrected chi connectivity index (χ1v) is 6.59. The zero-order chi connectivity index (χ0) is 14.2. The lowest BCUT2D eigenvalue weighted by molar-refractivity contribution is 0.0169. The van der Waals surface area contributed by atoms with E-state index >= 15 is 0 Å². The number of nitrogens with zero attached hydrogens (tertiary/aromatic N) is 1. The Balaban J connectivity index is 1.73. The molecule has 1 atom stereocenters. The number of amides is 1. The summed E-state index contributed by atoms with van der Waals surface area (Å²) in [4.78, 5) is 12.0. The maximum absolute atomic E-state index is 12.0. The summed E-state index contributed by atoms with van der Waals surface area (Å²) >= 11 is 0. The van der Waals surface area contributed by atoms with Gasteiger partial charge in [-0.2, -0.15) is 0 Å². The standard InChI is InChI=1S/C14H16N2O4/c1-9-10(7-16-20-9)13(17)15-8-14(18)5-2-3-12-11(14)4-6-19-12/h4,6-7,18H,2-3,5,8H2,1H3,(H,15,17). The maximum Gasteiger partial charge on any atom is 0.256 e. The van der Waals surface area contributed by atoms with Crippen molar-refractivity contribution in [1.82, 2.24) is 10.5 Å². The topological polar surface area (TPSA) is 88.5 Å². The minimum atomic E-state index is -1.07. The molecule has 1 aliphatic rings. The Kier molecular flexibility index (Phi) is 3.10. The summed E-state index contributed by atoms with van der Waals surface area (Å²) < 4.78 is 10.2. The summed E-state index contributed by atoms with van der Waals surface area (Å²) in [7, 11) is 0. The number of hydrogen-bond donors (Lipinski definition) is 2. The highest BCUT2D eigenvalue weighted by molar-refractivity contribution is 5.94. The molecule has 1 amide bonds. The second-order valence-electron chi connectivity index (χ2n) is 5.12. The highest BCUT2D eigenvalue weighted by Crippen LogP contribution is 2.35. The lowest BCUT2D eigenvalue weighted by atomic mass is 9.83. The van der Waals surface area contributed by atoms with E-state index in [-0.39, 0.29) is 12.5 Å². The van der Waals surface area contributed by atoms with E-state index in [2.05, 4.69) is 10.5 Å². The Morgan fingerprint density at radius 2 is 2.45 bits per heavy atom. The Morgan fingerprint density at radius 3 is 3.20 bits per heavy atom. The zero-order valence-corrected chi connectivity index (χ0v) is 11.2. The van der Waals surface area contributed by atoms with E-state index in [1.807, 2.05) is 0 Å². The molecule has 0 radical (unpaired) electrons. The summed E-state index contributed by atoms with van der Waals surface area (Å²) in [6.07, 6.45) is 5.21. The second-order valence-corrected chi connectivity index (χ2v) is 5.12. The first-order chi connectivity index (χ1) is 9.60. The predicted molar refractivity (Wildman–Crippen MR) is 69.1 cm³/mol. The highest BCUT2D eigenvalue weighted by Gasteiger charge is 2.36. The van der Waals surface area contributed by atoms with Crippen molar-refractivity contribution in [3.63, 3.8) is 0 Å².